The van der Waals surface area contributed by atoms with E-state index < -0.39 is 6.61 Å². The second-order valence-electron chi connectivity index (χ2n) is 6.06. The molecule has 1 aromatic carbocycles. The highest BCUT2D eigenvalue weighted by molar-refractivity contribution is 14.0. The molecule has 0 spiro atoms. The van der Waals surface area contributed by atoms with Gasteiger partial charge >= 0.3 is 6.61 Å². The van der Waals surface area contributed by atoms with E-state index in [9.17, 15) is 8.78 Å². The van der Waals surface area contributed by atoms with Gasteiger partial charge in [0.1, 0.15) is 5.75 Å². The molecule has 160 valence electrons. The first kappa shape index (κ1) is 25.1. The molecular weight excluding hydrogens is 505 g/mol. The third kappa shape index (κ3) is 9.53. The van der Waals surface area contributed by atoms with Crippen LogP contribution in [0.15, 0.2) is 23.2 Å². The summed E-state index contributed by atoms with van der Waals surface area (Å²) in [4.78, 5) is 6.82. The minimum absolute atomic E-state index is 0. The van der Waals surface area contributed by atoms with E-state index in [4.69, 9.17) is 16.3 Å². The molecule has 1 aliphatic rings. The van der Waals surface area contributed by atoms with Crippen LogP contribution in [0.5, 0.6) is 5.75 Å². The highest BCUT2D eigenvalue weighted by atomic mass is 127. The minimum Gasteiger partial charge on any atom is -0.434 e. The van der Waals surface area contributed by atoms with E-state index >= 15 is 0 Å². The summed E-state index contributed by atoms with van der Waals surface area (Å²) in [6, 6.07) is 4.54. The lowest BCUT2D eigenvalue weighted by Crippen LogP contribution is -2.40. The van der Waals surface area contributed by atoms with E-state index in [1.54, 1.807) is 6.07 Å². The summed E-state index contributed by atoms with van der Waals surface area (Å²) in [7, 11) is 0. The van der Waals surface area contributed by atoms with Crippen molar-refractivity contribution in [2.75, 3.05) is 45.9 Å². The molecule has 2 rings (SSSR count). The molecule has 1 fully saturated rings. The molecule has 1 saturated heterocycles. The molecule has 0 aliphatic carbocycles. The third-order valence-electron chi connectivity index (χ3n) is 4.04. The molecule has 0 aromatic heterocycles. The first-order chi connectivity index (χ1) is 13.1. The molecule has 28 heavy (non-hydrogen) atoms. The van der Waals surface area contributed by atoms with Gasteiger partial charge in [0.15, 0.2) is 5.96 Å². The zero-order chi connectivity index (χ0) is 19.5. The summed E-state index contributed by atoms with van der Waals surface area (Å²) in [5, 5.41) is 6.86. The van der Waals surface area contributed by atoms with Crippen molar-refractivity contribution < 1.29 is 18.3 Å². The molecule has 1 heterocycles. The topological polar surface area (TPSA) is 58.1 Å². The summed E-state index contributed by atoms with van der Waals surface area (Å²) in [5.41, 5.74) is 0.508. The van der Waals surface area contributed by atoms with Crippen molar-refractivity contribution in [2.45, 2.75) is 26.5 Å². The van der Waals surface area contributed by atoms with Crippen LogP contribution in [0.2, 0.25) is 5.02 Å². The second kappa shape index (κ2) is 14.1. The minimum atomic E-state index is -2.89. The third-order valence-corrected chi connectivity index (χ3v) is 4.27. The van der Waals surface area contributed by atoms with Gasteiger partial charge in [0.05, 0.1) is 19.8 Å². The number of halogens is 4. The number of aliphatic imine (C=N–C) groups is 1. The van der Waals surface area contributed by atoms with Crippen molar-refractivity contribution in [2.24, 2.45) is 4.99 Å². The Morgan fingerprint density at radius 3 is 2.75 bits per heavy atom. The average molecular weight is 533 g/mol. The van der Waals surface area contributed by atoms with Gasteiger partial charge in [0.25, 0.3) is 0 Å². The van der Waals surface area contributed by atoms with Gasteiger partial charge in [-0.3, -0.25) is 4.90 Å². The van der Waals surface area contributed by atoms with E-state index in [-0.39, 0.29) is 36.3 Å². The Bertz CT molecular complexity index is 605. The van der Waals surface area contributed by atoms with Crippen LogP contribution < -0.4 is 15.4 Å². The van der Waals surface area contributed by atoms with Crippen LogP contribution >= 0.6 is 35.6 Å². The van der Waals surface area contributed by atoms with Crippen LogP contribution in [0, 0.1) is 0 Å². The van der Waals surface area contributed by atoms with E-state index in [1.165, 1.54) is 12.1 Å². The lowest BCUT2D eigenvalue weighted by atomic mass is 10.2. The molecule has 1 aliphatic heterocycles. The van der Waals surface area contributed by atoms with Crippen LogP contribution in [0.25, 0.3) is 0 Å². The van der Waals surface area contributed by atoms with Gasteiger partial charge < -0.3 is 20.1 Å². The Morgan fingerprint density at radius 1 is 1.32 bits per heavy atom. The van der Waals surface area contributed by atoms with E-state index in [0.29, 0.717) is 23.1 Å². The zero-order valence-electron chi connectivity index (χ0n) is 15.9. The number of rotatable bonds is 9. The van der Waals surface area contributed by atoms with Crippen molar-refractivity contribution in [1.29, 1.82) is 0 Å². The smallest absolute Gasteiger partial charge is 0.387 e. The summed E-state index contributed by atoms with van der Waals surface area (Å²) in [5.74, 6) is 0.712. The van der Waals surface area contributed by atoms with Crippen LogP contribution in [-0.2, 0) is 11.3 Å². The lowest BCUT2D eigenvalue weighted by molar-refractivity contribution is -0.0504. The van der Waals surface area contributed by atoms with Crippen LogP contribution in [0.3, 0.4) is 0 Å². The predicted octanol–water partition coefficient (Wildman–Crippen LogP) is 3.34. The standard InChI is InChI=1S/C18H27ClF2N4O2.HI/c1-2-22-18(23-6-3-7-25-8-10-26-11-9-25)24-13-14-12-15(19)4-5-16(14)27-17(20)21;/h4-5,12,17H,2-3,6-11,13H2,1H3,(H2,22,23,24);1H. The first-order valence-corrected chi connectivity index (χ1v) is 9.51. The van der Waals surface area contributed by atoms with Crippen molar-refractivity contribution in [3.8, 4) is 5.75 Å². The van der Waals surface area contributed by atoms with Gasteiger partial charge in [-0.2, -0.15) is 8.78 Å². The maximum Gasteiger partial charge on any atom is 0.387 e. The number of ether oxygens (including phenoxy) is 2. The molecule has 0 atom stereocenters. The second-order valence-corrected chi connectivity index (χ2v) is 6.50. The number of guanidine groups is 1. The molecule has 6 nitrogen and oxygen atoms in total. The Hall–Kier alpha value is -0.910. The van der Waals surface area contributed by atoms with Gasteiger partial charge in [-0.1, -0.05) is 11.6 Å². The van der Waals surface area contributed by atoms with Crippen molar-refractivity contribution >= 4 is 41.5 Å². The number of hydrogen-bond donors (Lipinski definition) is 2. The number of nitrogens with one attached hydrogen (secondary N) is 2. The number of morpholine rings is 1. The fraction of sp³-hybridized carbons (Fsp3) is 0.611. The molecule has 1 aromatic rings. The first-order valence-electron chi connectivity index (χ1n) is 9.14. The molecule has 0 amide bonds. The molecule has 0 radical (unpaired) electrons. The average Bonchev–Trinajstić information content (AvgIpc) is 2.65. The van der Waals surface area contributed by atoms with Gasteiger partial charge in [0.2, 0.25) is 0 Å². The van der Waals surface area contributed by atoms with Gasteiger partial charge in [-0.15, -0.1) is 24.0 Å². The Balaban J connectivity index is 0.00000392. The number of hydrogen-bond acceptors (Lipinski definition) is 4. The van der Waals surface area contributed by atoms with Gasteiger partial charge in [-0.05, 0) is 38.1 Å². The van der Waals surface area contributed by atoms with Crippen LogP contribution in [0.1, 0.15) is 18.9 Å². The molecule has 2 N–H and O–H groups in total. The lowest BCUT2D eigenvalue weighted by Gasteiger charge is -2.26. The SMILES string of the molecule is CCNC(=NCc1cc(Cl)ccc1OC(F)F)NCCCN1CCOCC1.I. The number of alkyl halides is 2. The number of benzene rings is 1. The largest absolute Gasteiger partial charge is 0.434 e. The van der Waals surface area contributed by atoms with Crippen molar-refractivity contribution in [3.63, 3.8) is 0 Å². The maximum atomic E-state index is 12.6. The van der Waals surface area contributed by atoms with E-state index in [0.717, 1.165) is 45.8 Å². The highest BCUT2D eigenvalue weighted by Crippen LogP contribution is 2.25. The monoisotopic (exact) mass is 532 g/mol. The number of nitrogens with zero attached hydrogens (tertiary/aromatic N) is 2. The Kier molecular flexibility index (Phi) is 12.7. The summed E-state index contributed by atoms with van der Waals surface area (Å²) >= 11 is 5.97. The normalized spacial score (nSPS) is 15.2. The molecule has 0 bridgehead atoms. The van der Waals surface area contributed by atoms with Crippen molar-refractivity contribution in [3.05, 3.63) is 28.8 Å². The summed E-state index contributed by atoms with van der Waals surface area (Å²) in [6.07, 6.45) is 0.974. The van der Waals surface area contributed by atoms with Crippen molar-refractivity contribution in [1.82, 2.24) is 15.5 Å². The maximum absolute atomic E-state index is 12.6. The fourth-order valence-electron chi connectivity index (χ4n) is 2.72. The molecular formula is C18H28ClF2IN4O2. The van der Waals surface area contributed by atoms with Gasteiger partial charge in [0, 0.05) is 36.8 Å². The Morgan fingerprint density at radius 2 is 2.07 bits per heavy atom. The Labute approximate surface area is 187 Å². The summed E-state index contributed by atoms with van der Waals surface area (Å²) < 4.78 is 35.0. The predicted molar refractivity (Wildman–Crippen MR) is 118 cm³/mol. The van der Waals surface area contributed by atoms with Crippen LogP contribution in [0.4, 0.5) is 8.78 Å². The van der Waals surface area contributed by atoms with E-state index in [2.05, 4.69) is 25.3 Å². The quantitative estimate of drug-likeness (QED) is 0.221. The van der Waals surface area contributed by atoms with Gasteiger partial charge in [-0.25, -0.2) is 4.99 Å². The molecule has 0 unspecified atom stereocenters. The fourth-order valence-corrected chi connectivity index (χ4v) is 2.92. The zero-order valence-corrected chi connectivity index (χ0v) is 19.0. The highest BCUT2D eigenvalue weighted by Gasteiger charge is 2.11. The molecule has 10 heteroatoms. The summed E-state index contributed by atoms with van der Waals surface area (Å²) in [6.45, 7) is 5.24. The van der Waals surface area contributed by atoms with E-state index in [1.807, 2.05) is 6.92 Å². The molecule has 0 saturated carbocycles. The van der Waals surface area contributed by atoms with Crippen LogP contribution in [-0.4, -0.2) is 63.4 Å².